The Morgan fingerprint density at radius 2 is 2.09 bits per heavy atom. The van der Waals surface area contributed by atoms with Gasteiger partial charge in [0.05, 0.1) is 6.20 Å². The van der Waals surface area contributed by atoms with Crippen molar-refractivity contribution in [2.45, 2.75) is 50.6 Å². The number of hydrogen-bond donors (Lipinski definition) is 0. The third kappa shape index (κ3) is 2.06. The van der Waals surface area contributed by atoms with Crippen LogP contribution in [0, 0.1) is 0 Å². The van der Waals surface area contributed by atoms with E-state index in [2.05, 4.69) is 9.97 Å². The number of fused-ring (bicyclic) bond motifs is 1. The molecule has 0 N–H and O–H groups in total. The van der Waals surface area contributed by atoms with Gasteiger partial charge in [-0.1, -0.05) is 6.92 Å². The van der Waals surface area contributed by atoms with Gasteiger partial charge in [-0.05, 0) is 24.9 Å². The van der Waals surface area contributed by atoms with E-state index < -0.39 is 17.5 Å². The van der Waals surface area contributed by atoms with Crippen LogP contribution in [0.5, 0.6) is 0 Å². The average molecular weight is 331 g/mol. The fourth-order valence-corrected chi connectivity index (χ4v) is 3.41. The van der Waals surface area contributed by atoms with Gasteiger partial charge in [-0.2, -0.15) is 4.98 Å². The van der Waals surface area contributed by atoms with Gasteiger partial charge in [-0.3, -0.25) is 4.79 Å². The molecule has 22 heavy (non-hydrogen) atoms. The lowest BCUT2D eigenvalue weighted by Crippen LogP contribution is -2.67. The first-order chi connectivity index (χ1) is 10.2. The number of aromatic nitrogens is 2. The lowest BCUT2D eigenvalue weighted by atomic mass is 9.81. The molecule has 1 aliphatic carbocycles. The van der Waals surface area contributed by atoms with E-state index in [0.29, 0.717) is 17.9 Å². The lowest BCUT2D eigenvalue weighted by Gasteiger charge is -2.54. The topological polar surface area (TPSA) is 49.3 Å². The Morgan fingerprint density at radius 1 is 1.45 bits per heavy atom. The molecule has 0 aromatic carbocycles. The summed E-state index contributed by atoms with van der Waals surface area (Å²) in [5, 5.41) is 0.0380. The molecule has 2 aliphatic rings. The van der Waals surface area contributed by atoms with Crippen LogP contribution < -0.4 is 9.80 Å². The third-order valence-corrected chi connectivity index (χ3v) is 4.91. The van der Waals surface area contributed by atoms with Crippen LogP contribution in [0.4, 0.5) is 20.3 Å². The molecular formula is C14H17ClF2N4O. The summed E-state index contributed by atoms with van der Waals surface area (Å²) in [5.41, 5.74) is -0.420. The highest BCUT2D eigenvalue weighted by Crippen LogP contribution is 2.49. The lowest BCUT2D eigenvalue weighted by molar-refractivity contribution is -0.126. The zero-order valence-electron chi connectivity index (χ0n) is 12.6. The number of alkyl halides is 2. The van der Waals surface area contributed by atoms with Crippen LogP contribution in [0.15, 0.2) is 6.20 Å². The molecule has 0 saturated heterocycles. The summed E-state index contributed by atoms with van der Waals surface area (Å²) in [4.78, 5) is 24.1. The Hall–Kier alpha value is -1.50. The van der Waals surface area contributed by atoms with Crippen LogP contribution >= 0.6 is 11.6 Å². The largest absolute Gasteiger partial charge is 0.337 e. The Balaban J connectivity index is 2.13. The number of carbonyl (C=O) groups excluding carboxylic acids is 1. The second kappa shape index (κ2) is 4.75. The minimum Gasteiger partial charge on any atom is -0.337 e. The first-order valence-electron chi connectivity index (χ1n) is 7.17. The molecule has 1 atom stereocenters. The quantitative estimate of drug-likeness (QED) is 0.782. The maximum Gasteiger partial charge on any atom is 0.252 e. The zero-order chi connectivity index (χ0) is 16.3. The monoisotopic (exact) mass is 330 g/mol. The van der Waals surface area contributed by atoms with E-state index in [4.69, 9.17) is 11.6 Å². The number of halogens is 3. The van der Waals surface area contributed by atoms with E-state index >= 15 is 0 Å². The highest BCUT2D eigenvalue weighted by atomic mass is 35.5. The summed E-state index contributed by atoms with van der Waals surface area (Å²) < 4.78 is 26.7. The van der Waals surface area contributed by atoms with Crippen molar-refractivity contribution in [1.82, 2.24) is 9.97 Å². The average Bonchev–Trinajstić information content (AvgIpc) is 2.43. The summed E-state index contributed by atoms with van der Waals surface area (Å²) in [6.45, 7) is 3.63. The number of anilines is 2. The number of rotatable bonds is 2. The molecule has 0 bridgehead atoms. The van der Waals surface area contributed by atoms with Crippen LogP contribution in [0.1, 0.15) is 33.1 Å². The fraction of sp³-hybridized carbons (Fsp3) is 0.643. The van der Waals surface area contributed by atoms with E-state index in [1.54, 1.807) is 18.9 Å². The maximum atomic E-state index is 13.3. The van der Waals surface area contributed by atoms with Gasteiger partial charge < -0.3 is 9.80 Å². The summed E-state index contributed by atoms with van der Waals surface area (Å²) in [7, 11) is 1.64. The Bertz CT molecular complexity index is 633. The highest BCUT2D eigenvalue weighted by Gasteiger charge is 2.56. The van der Waals surface area contributed by atoms with Crippen molar-refractivity contribution >= 4 is 29.0 Å². The Labute approximate surface area is 132 Å². The van der Waals surface area contributed by atoms with Crippen molar-refractivity contribution in [3.05, 3.63) is 11.5 Å². The van der Waals surface area contributed by atoms with Crippen LogP contribution in [0.2, 0.25) is 5.28 Å². The smallest absolute Gasteiger partial charge is 0.252 e. The Morgan fingerprint density at radius 3 is 2.64 bits per heavy atom. The van der Waals surface area contributed by atoms with Crippen LogP contribution in [-0.2, 0) is 4.79 Å². The zero-order valence-corrected chi connectivity index (χ0v) is 13.4. The first-order valence-corrected chi connectivity index (χ1v) is 7.55. The molecule has 3 rings (SSSR count). The number of carbonyl (C=O) groups is 1. The fourth-order valence-electron chi connectivity index (χ4n) is 3.28. The second-order valence-corrected chi connectivity index (χ2v) is 6.47. The van der Waals surface area contributed by atoms with E-state index in [1.807, 2.05) is 6.92 Å². The second-order valence-electron chi connectivity index (χ2n) is 6.13. The summed E-state index contributed by atoms with van der Waals surface area (Å²) in [5.74, 6) is -2.38. The molecule has 1 aromatic rings. The number of amides is 1. The number of nitrogens with zero attached hydrogens (tertiary/aromatic N) is 4. The van der Waals surface area contributed by atoms with Gasteiger partial charge in [-0.15, -0.1) is 0 Å². The van der Waals surface area contributed by atoms with Crippen molar-refractivity contribution in [2.24, 2.45) is 0 Å². The summed E-state index contributed by atoms with van der Waals surface area (Å²) in [6.07, 6.45) is 1.39. The van der Waals surface area contributed by atoms with Crippen LogP contribution in [-0.4, -0.2) is 40.4 Å². The molecule has 0 unspecified atom stereocenters. The summed E-state index contributed by atoms with van der Waals surface area (Å²) >= 11 is 5.88. The third-order valence-electron chi connectivity index (χ3n) is 4.73. The molecule has 0 radical (unpaired) electrons. The van der Waals surface area contributed by atoms with Crippen molar-refractivity contribution in [2.75, 3.05) is 16.8 Å². The molecule has 1 saturated carbocycles. The maximum absolute atomic E-state index is 13.3. The van der Waals surface area contributed by atoms with E-state index in [-0.39, 0.29) is 24.0 Å². The van der Waals surface area contributed by atoms with Gasteiger partial charge in [0.1, 0.15) is 11.2 Å². The SMILES string of the molecule is CC[C@]1(C)C(=O)N(C)c2cnc(Cl)nc2N1C1CC(F)(F)C1. The standard InChI is InChI=1S/C14H17ClF2N4O/c1-4-13(2)11(22)20(3)9-7-18-12(15)19-10(9)21(13)8-5-14(16,17)6-8/h7-8H,4-6H2,1-3H3/t13-/m1/s1. The molecule has 0 spiro atoms. The van der Waals surface area contributed by atoms with Gasteiger partial charge in [0.2, 0.25) is 5.28 Å². The molecule has 1 aliphatic heterocycles. The van der Waals surface area contributed by atoms with Gasteiger partial charge >= 0.3 is 0 Å². The van der Waals surface area contributed by atoms with Crippen molar-refractivity contribution in [3.63, 3.8) is 0 Å². The van der Waals surface area contributed by atoms with E-state index in [0.717, 1.165) is 0 Å². The molecule has 1 aromatic heterocycles. The van der Waals surface area contributed by atoms with E-state index in [1.165, 1.54) is 11.1 Å². The van der Waals surface area contributed by atoms with Gasteiger partial charge in [0.25, 0.3) is 11.8 Å². The van der Waals surface area contributed by atoms with Crippen LogP contribution in [0.3, 0.4) is 0 Å². The molecular weight excluding hydrogens is 314 g/mol. The molecule has 8 heteroatoms. The van der Waals surface area contributed by atoms with Gasteiger partial charge in [-0.25, -0.2) is 13.8 Å². The predicted molar refractivity (Wildman–Crippen MR) is 79.6 cm³/mol. The normalized spacial score (nSPS) is 27.6. The molecule has 1 amide bonds. The number of hydrogen-bond acceptors (Lipinski definition) is 4. The summed E-state index contributed by atoms with van der Waals surface area (Å²) in [6, 6.07) is -0.428. The molecule has 2 heterocycles. The van der Waals surface area contributed by atoms with Gasteiger partial charge in [0.15, 0.2) is 5.82 Å². The highest BCUT2D eigenvalue weighted by molar-refractivity contribution is 6.28. The minimum absolute atomic E-state index is 0.0380. The molecule has 5 nitrogen and oxygen atoms in total. The van der Waals surface area contributed by atoms with Crippen molar-refractivity contribution in [3.8, 4) is 0 Å². The molecule has 1 fully saturated rings. The number of likely N-dealkylation sites (N-methyl/N-ethyl adjacent to an activating group) is 1. The van der Waals surface area contributed by atoms with Crippen molar-refractivity contribution < 1.29 is 13.6 Å². The van der Waals surface area contributed by atoms with E-state index in [9.17, 15) is 13.6 Å². The van der Waals surface area contributed by atoms with Gasteiger partial charge in [0, 0.05) is 25.9 Å². The van der Waals surface area contributed by atoms with Crippen molar-refractivity contribution in [1.29, 1.82) is 0 Å². The Kier molecular flexibility index (Phi) is 3.32. The first kappa shape index (κ1) is 15.4. The van der Waals surface area contributed by atoms with Crippen LogP contribution in [0.25, 0.3) is 0 Å². The minimum atomic E-state index is -2.68. The molecule has 120 valence electrons. The predicted octanol–water partition coefficient (Wildman–Crippen LogP) is 2.88.